The van der Waals surface area contributed by atoms with Crippen LogP contribution in [0.1, 0.15) is 36.7 Å². The third-order valence-corrected chi connectivity index (χ3v) is 5.27. The highest BCUT2D eigenvalue weighted by atomic mass is 16.3. The van der Waals surface area contributed by atoms with Gasteiger partial charge in [-0.05, 0) is 37.5 Å². The molecule has 1 aliphatic heterocycles. The summed E-state index contributed by atoms with van der Waals surface area (Å²) in [6.07, 6.45) is 2.89. The van der Waals surface area contributed by atoms with Gasteiger partial charge in [-0.25, -0.2) is 4.79 Å². The van der Waals surface area contributed by atoms with E-state index in [0.717, 1.165) is 11.3 Å². The summed E-state index contributed by atoms with van der Waals surface area (Å²) < 4.78 is 5.22. The Bertz CT molecular complexity index is 760. The average molecular weight is 369 g/mol. The molecule has 0 bridgehead atoms. The zero-order valence-electron chi connectivity index (χ0n) is 16.0. The van der Waals surface area contributed by atoms with Crippen molar-refractivity contribution in [2.45, 2.75) is 39.8 Å². The molecule has 3 amide bonds. The zero-order valence-corrected chi connectivity index (χ0v) is 16.0. The molecule has 27 heavy (non-hydrogen) atoms. The number of aryl methyl sites for hydroxylation is 1. The topological polar surface area (TPSA) is 74.6 Å². The summed E-state index contributed by atoms with van der Waals surface area (Å²) in [5, 5.41) is 5.90. The standard InChI is InChI=1S/C21H27N3O3/c1-16-5-7-17(8-6-16)14-22-19(25)21(2)9-11-24(12-10-21)20(26)23-15-18-4-3-13-27-18/h3-8,13H,9-12,14-15H2,1-2H3,(H,22,25)(H,23,26). The molecule has 1 aromatic carbocycles. The van der Waals surface area contributed by atoms with E-state index in [1.54, 1.807) is 17.2 Å². The molecule has 144 valence electrons. The summed E-state index contributed by atoms with van der Waals surface area (Å²) in [4.78, 5) is 26.7. The number of piperidine rings is 1. The van der Waals surface area contributed by atoms with Gasteiger partial charge < -0.3 is 20.0 Å². The summed E-state index contributed by atoms with van der Waals surface area (Å²) in [6, 6.07) is 11.7. The quantitative estimate of drug-likeness (QED) is 0.850. The third kappa shape index (κ3) is 4.90. The minimum Gasteiger partial charge on any atom is -0.467 e. The minimum atomic E-state index is -0.442. The molecule has 2 N–H and O–H groups in total. The second-order valence-electron chi connectivity index (χ2n) is 7.45. The van der Waals surface area contributed by atoms with Crippen molar-refractivity contribution < 1.29 is 14.0 Å². The first-order chi connectivity index (χ1) is 13.0. The molecule has 0 unspecified atom stereocenters. The summed E-state index contributed by atoms with van der Waals surface area (Å²) in [7, 11) is 0. The van der Waals surface area contributed by atoms with Crippen LogP contribution in [0.2, 0.25) is 0 Å². The minimum absolute atomic E-state index is 0.0544. The maximum absolute atomic E-state index is 12.7. The van der Waals surface area contributed by atoms with Crippen LogP contribution < -0.4 is 10.6 Å². The molecular weight excluding hydrogens is 342 g/mol. The van der Waals surface area contributed by atoms with Gasteiger partial charge in [0.25, 0.3) is 0 Å². The number of nitrogens with zero attached hydrogens (tertiary/aromatic N) is 1. The van der Waals surface area contributed by atoms with Gasteiger partial charge in [-0.2, -0.15) is 0 Å². The first-order valence-electron chi connectivity index (χ1n) is 9.35. The summed E-state index contributed by atoms with van der Waals surface area (Å²) in [5.41, 5.74) is 1.85. The molecule has 0 saturated carbocycles. The highest BCUT2D eigenvalue weighted by Gasteiger charge is 2.37. The van der Waals surface area contributed by atoms with Crippen LogP contribution in [-0.2, 0) is 17.9 Å². The van der Waals surface area contributed by atoms with E-state index in [1.807, 2.05) is 44.2 Å². The first-order valence-corrected chi connectivity index (χ1v) is 9.35. The molecule has 0 atom stereocenters. The Labute approximate surface area is 159 Å². The van der Waals surface area contributed by atoms with Crippen LogP contribution in [0, 0.1) is 12.3 Å². The molecular formula is C21H27N3O3. The fourth-order valence-corrected chi connectivity index (χ4v) is 3.22. The van der Waals surface area contributed by atoms with Gasteiger partial charge in [-0.3, -0.25) is 4.79 Å². The van der Waals surface area contributed by atoms with Crippen molar-refractivity contribution in [2.75, 3.05) is 13.1 Å². The van der Waals surface area contributed by atoms with Gasteiger partial charge in [0.2, 0.25) is 5.91 Å². The number of amides is 3. The molecule has 3 rings (SSSR count). The fourth-order valence-electron chi connectivity index (χ4n) is 3.22. The number of carbonyl (C=O) groups is 2. The normalized spacial score (nSPS) is 16.0. The average Bonchev–Trinajstić information content (AvgIpc) is 3.19. The zero-order chi connectivity index (χ0) is 19.3. The third-order valence-electron chi connectivity index (χ3n) is 5.27. The van der Waals surface area contributed by atoms with Gasteiger partial charge in [0.15, 0.2) is 0 Å². The van der Waals surface area contributed by atoms with Gasteiger partial charge in [0.05, 0.1) is 12.8 Å². The number of likely N-dealkylation sites (tertiary alicyclic amines) is 1. The van der Waals surface area contributed by atoms with Crippen molar-refractivity contribution in [1.82, 2.24) is 15.5 Å². The van der Waals surface area contributed by atoms with Crippen LogP contribution in [-0.4, -0.2) is 29.9 Å². The molecule has 0 spiro atoms. The number of rotatable bonds is 5. The van der Waals surface area contributed by atoms with Gasteiger partial charge in [-0.1, -0.05) is 36.8 Å². The summed E-state index contributed by atoms with van der Waals surface area (Å²) in [5.74, 6) is 0.777. The van der Waals surface area contributed by atoms with E-state index in [-0.39, 0.29) is 11.9 Å². The van der Waals surface area contributed by atoms with Crippen molar-refractivity contribution in [3.63, 3.8) is 0 Å². The van der Waals surface area contributed by atoms with Gasteiger partial charge in [0, 0.05) is 25.0 Å². The van der Waals surface area contributed by atoms with Crippen LogP contribution in [0.25, 0.3) is 0 Å². The maximum Gasteiger partial charge on any atom is 0.317 e. The van der Waals surface area contributed by atoms with E-state index in [1.165, 1.54) is 5.56 Å². The molecule has 1 aromatic heterocycles. The predicted octanol–water partition coefficient (Wildman–Crippen LogP) is 3.22. The Hall–Kier alpha value is -2.76. The number of hydrogen-bond acceptors (Lipinski definition) is 3. The van der Waals surface area contributed by atoms with E-state index in [0.29, 0.717) is 39.0 Å². The second-order valence-corrected chi connectivity index (χ2v) is 7.45. The Balaban J connectivity index is 1.45. The van der Waals surface area contributed by atoms with E-state index in [9.17, 15) is 9.59 Å². The van der Waals surface area contributed by atoms with Crippen LogP contribution in [0.3, 0.4) is 0 Å². The largest absolute Gasteiger partial charge is 0.467 e. The molecule has 0 aliphatic carbocycles. The lowest BCUT2D eigenvalue weighted by Crippen LogP contribution is -2.50. The molecule has 0 radical (unpaired) electrons. The lowest BCUT2D eigenvalue weighted by atomic mass is 9.79. The second kappa shape index (κ2) is 8.29. The number of benzene rings is 1. The van der Waals surface area contributed by atoms with E-state index >= 15 is 0 Å². The number of carbonyl (C=O) groups excluding carboxylic acids is 2. The highest BCUT2D eigenvalue weighted by Crippen LogP contribution is 2.31. The molecule has 1 fully saturated rings. The Kier molecular flexibility index (Phi) is 5.84. The van der Waals surface area contributed by atoms with Gasteiger partial charge in [0.1, 0.15) is 5.76 Å². The number of nitrogens with one attached hydrogen (secondary N) is 2. The Morgan fingerprint density at radius 2 is 1.78 bits per heavy atom. The number of furan rings is 1. The monoisotopic (exact) mass is 369 g/mol. The number of hydrogen-bond donors (Lipinski definition) is 2. The van der Waals surface area contributed by atoms with Crippen LogP contribution in [0.5, 0.6) is 0 Å². The van der Waals surface area contributed by atoms with Crippen molar-refractivity contribution in [3.8, 4) is 0 Å². The number of urea groups is 1. The lowest BCUT2D eigenvalue weighted by Gasteiger charge is -2.38. The van der Waals surface area contributed by atoms with Crippen LogP contribution in [0.15, 0.2) is 47.1 Å². The molecule has 1 aliphatic rings. The maximum atomic E-state index is 12.7. The summed E-state index contributed by atoms with van der Waals surface area (Å²) >= 11 is 0. The Morgan fingerprint density at radius 1 is 1.07 bits per heavy atom. The molecule has 2 aromatic rings. The lowest BCUT2D eigenvalue weighted by molar-refractivity contribution is -0.132. The van der Waals surface area contributed by atoms with Crippen molar-refractivity contribution >= 4 is 11.9 Å². The van der Waals surface area contributed by atoms with Crippen LogP contribution in [0.4, 0.5) is 4.79 Å². The SMILES string of the molecule is Cc1ccc(CNC(=O)C2(C)CCN(C(=O)NCc3ccco3)CC2)cc1. The van der Waals surface area contributed by atoms with E-state index in [4.69, 9.17) is 4.42 Å². The first kappa shape index (κ1) is 19.0. The van der Waals surface area contributed by atoms with Gasteiger partial charge in [-0.15, -0.1) is 0 Å². The van der Waals surface area contributed by atoms with Crippen molar-refractivity contribution in [2.24, 2.45) is 5.41 Å². The van der Waals surface area contributed by atoms with Crippen molar-refractivity contribution in [1.29, 1.82) is 0 Å². The Morgan fingerprint density at radius 3 is 2.41 bits per heavy atom. The van der Waals surface area contributed by atoms with Crippen LogP contribution >= 0.6 is 0 Å². The molecule has 6 heteroatoms. The highest BCUT2D eigenvalue weighted by molar-refractivity contribution is 5.83. The molecule has 6 nitrogen and oxygen atoms in total. The fraction of sp³-hybridized carbons (Fsp3) is 0.429. The molecule has 2 heterocycles. The summed E-state index contributed by atoms with van der Waals surface area (Å²) in [6.45, 7) is 6.06. The molecule has 1 saturated heterocycles. The van der Waals surface area contributed by atoms with Gasteiger partial charge >= 0.3 is 6.03 Å². The predicted molar refractivity (Wildman–Crippen MR) is 103 cm³/mol. The van der Waals surface area contributed by atoms with E-state index < -0.39 is 5.41 Å². The van der Waals surface area contributed by atoms with E-state index in [2.05, 4.69) is 10.6 Å². The smallest absolute Gasteiger partial charge is 0.317 e. The van der Waals surface area contributed by atoms with Crippen molar-refractivity contribution in [3.05, 3.63) is 59.5 Å².